The maximum Gasteiger partial charge on any atom is 0.162 e. The predicted molar refractivity (Wildman–Crippen MR) is 47.8 cm³/mol. The summed E-state index contributed by atoms with van der Waals surface area (Å²) < 4.78 is 1.76. The number of rotatable bonds is 1. The molecule has 2 heterocycles. The lowest BCUT2D eigenvalue weighted by molar-refractivity contribution is 0.930. The van der Waals surface area contributed by atoms with Crippen molar-refractivity contribution in [1.82, 2.24) is 14.6 Å². The fourth-order valence-electron chi connectivity index (χ4n) is 1.19. The molecule has 0 fully saturated rings. The molecule has 2 rings (SSSR count). The van der Waals surface area contributed by atoms with Crippen LogP contribution in [0.3, 0.4) is 0 Å². The van der Waals surface area contributed by atoms with Crippen LogP contribution in [0.2, 0.25) is 0 Å². The Labute approximate surface area is 70.4 Å². The zero-order valence-electron chi connectivity index (χ0n) is 6.86. The van der Waals surface area contributed by atoms with E-state index in [2.05, 4.69) is 16.7 Å². The smallest absolute Gasteiger partial charge is 0.162 e. The molecule has 0 amide bonds. The highest BCUT2D eigenvalue weighted by atomic mass is 15.3. The first-order valence-electron chi connectivity index (χ1n) is 3.75. The van der Waals surface area contributed by atoms with Gasteiger partial charge in [-0.3, -0.25) is 0 Å². The summed E-state index contributed by atoms with van der Waals surface area (Å²) in [5.74, 6) is 0.782. The molecular formula is C9H9N3. The molecule has 0 spiro atoms. The van der Waals surface area contributed by atoms with Gasteiger partial charge in [0.25, 0.3) is 0 Å². The molecule has 60 valence electrons. The Balaban J connectivity index is 2.86. The van der Waals surface area contributed by atoms with Crippen LogP contribution in [0.15, 0.2) is 24.9 Å². The largest absolute Gasteiger partial charge is 0.220 e. The Morgan fingerprint density at radius 1 is 1.58 bits per heavy atom. The number of nitrogens with zero attached hydrogens (tertiary/aromatic N) is 3. The maximum absolute atomic E-state index is 4.26. The van der Waals surface area contributed by atoms with Crippen LogP contribution in [0.1, 0.15) is 11.4 Å². The third-order valence-electron chi connectivity index (χ3n) is 1.72. The minimum absolute atomic E-state index is 0.782. The van der Waals surface area contributed by atoms with Gasteiger partial charge in [0.15, 0.2) is 5.65 Å². The van der Waals surface area contributed by atoms with Crippen LogP contribution >= 0.6 is 0 Å². The van der Waals surface area contributed by atoms with E-state index in [4.69, 9.17) is 0 Å². The third kappa shape index (κ3) is 0.906. The zero-order valence-corrected chi connectivity index (χ0v) is 6.86. The van der Waals surface area contributed by atoms with E-state index in [9.17, 15) is 0 Å². The fraction of sp³-hybridized carbons (Fsp3) is 0.111. The molecule has 0 atom stereocenters. The maximum atomic E-state index is 4.26. The Kier molecular flexibility index (Phi) is 1.43. The van der Waals surface area contributed by atoms with Crippen LogP contribution in [0.5, 0.6) is 0 Å². The standard InChI is InChI=1S/C9H9N3/c1-3-8-5-4-6-12-9(8)10-7(2)11-12/h3-6H,1H2,2H3. The average molecular weight is 159 g/mol. The molecule has 0 N–H and O–H groups in total. The van der Waals surface area contributed by atoms with E-state index in [0.717, 1.165) is 17.0 Å². The lowest BCUT2D eigenvalue weighted by Crippen LogP contribution is -1.87. The van der Waals surface area contributed by atoms with E-state index in [1.165, 1.54) is 0 Å². The van der Waals surface area contributed by atoms with E-state index in [-0.39, 0.29) is 0 Å². The normalized spacial score (nSPS) is 10.4. The molecule has 0 aromatic carbocycles. The quantitative estimate of drug-likeness (QED) is 0.633. The van der Waals surface area contributed by atoms with Gasteiger partial charge in [-0.2, -0.15) is 5.10 Å². The first-order valence-corrected chi connectivity index (χ1v) is 3.75. The Hall–Kier alpha value is -1.64. The van der Waals surface area contributed by atoms with Gasteiger partial charge in [0.05, 0.1) is 0 Å². The SMILES string of the molecule is C=Cc1cccn2nc(C)nc12. The van der Waals surface area contributed by atoms with Crippen LogP contribution in [-0.4, -0.2) is 14.6 Å². The first-order chi connectivity index (χ1) is 5.81. The molecule has 0 bridgehead atoms. The van der Waals surface area contributed by atoms with Gasteiger partial charge >= 0.3 is 0 Å². The molecule has 2 aromatic heterocycles. The lowest BCUT2D eigenvalue weighted by Gasteiger charge is -1.93. The van der Waals surface area contributed by atoms with Crippen LogP contribution in [0.4, 0.5) is 0 Å². The summed E-state index contributed by atoms with van der Waals surface area (Å²) in [5.41, 5.74) is 1.88. The van der Waals surface area contributed by atoms with Crippen LogP contribution in [0, 0.1) is 6.92 Å². The lowest BCUT2D eigenvalue weighted by atomic mass is 10.3. The van der Waals surface area contributed by atoms with Crippen LogP contribution < -0.4 is 0 Å². The zero-order chi connectivity index (χ0) is 8.55. The first kappa shape index (κ1) is 7.03. The number of fused-ring (bicyclic) bond motifs is 1. The summed E-state index contributed by atoms with van der Waals surface area (Å²) in [7, 11) is 0. The van der Waals surface area contributed by atoms with Crippen molar-refractivity contribution in [3.8, 4) is 0 Å². The molecular weight excluding hydrogens is 150 g/mol. The summed E-state index contributed by atoms with van der Waals surface area (Å²) in [6.07, 6.45) is 3.66. The van der Waals surface area contributed by atoms with Crippen molar-refractivity contribution in [2.45, 2.75) is 6.92 Å². The molecule has 0 radical (unpaired) electrons. The van der Waals surface area contributed by atoms with Crippen molar-refractivity contribution >= 4 is 11.7 Å². The van der Waals surface area contributed by atoms with Gasteiger partial charge in [0.1, 0.15) is 5.82 Å². The molecule has 3 heteroatoms. The van der Waals surface area contributed by atoms with Crippen molar-refractivity contribution in [3.05, 3.63) is 36.3 Å². The number of hydrogen-bond acceptors (Lipinski definition) is 2. The summed E-state index contributed by atoms with van der Waals surface area (Å²) in [4.78, 5) is 4.26. The van der Waals surface area contributed by atoms with Crippen molar-refractivity contribution in [2.24, 2.45) is 0 Å². The molecule has 0 unspecified atom stereocenters. The van der Waals surface area contributed by atoms with Crippen molar-refractivity contribution in [3.63, 3.8) is 0 Å². The van der Waals surface area contributed by atoms with E-state index in [1.54, 1.807) is 10.6 Å². The fourth-order valence-corrected chi connectivity index (χ4v) is 1.19. The molecule has 0 aliphatic carbocycles. The summed E-state index contributed by atoms with van der Waals surface area (Å²) in [6.45, 7) is 5.58. The second kappa shape index (κ2) is 2.44. The second-order valence-electron chi connectivity index (χ2n) is 2.59. The van der Waals surface area contributed by atoms with E-state index in [0.29, 0.717) is 0 Å². The molecule has 0 saturated heterocycles. The Morgan fingerprint density at radius 2 is 2.42 bits per heavy atom. The molecule has 0 aliphatic rings. The highest BCUT2D eigenvalue weighted by molar-refractivity contribution is 5.63. The number of pyridine rings is 1. The van der Waals surface area contributed by atoms with Gasteiger partial charge in [-0.25, -0.2) is 9.50 Å². The van der Waals surface area contributed by atoms with Gasteiger partial charge in [-0.05, 0) is 19.1 Å². The molecule has 0 aliphatic heterocycles. The summed E-state index contributed by atoms with van der Waals surface area (Å²) >= 11 is 0. The summed E-state index contributed by atoms with van der Waals surface area (Å²) in [6, 6.07) is 3.90. The minimum atomic E-state index is 0.782. The van der Waals surface area contributed by atoms with Crippen molar-refractivity contribution in [1.29, 1.82) is 0 Å². The Morgan fingerprint density at radius 3 is 3.17 bits per heavy atom. The Bertz CT molecular complexity index is 428. The van der Waals surface area contributed by atoms with Crippen molar-refractivity contribution in [2.75, 3.05) is 0 Å². The van der Waals surface area contributed by atoms with Gasteiger partial charge in [0, 0.05) is 11.8 Å². The van der Waals surface area contributed by atoms with Gasteiger partial charge in [0.2, 0.25) is 0 Å². The highest BCUT2D eigenvalue weighted by Crippen LogP contribution is 2.08. The minimum Gasteiger partial charge on any atom is -0.220 e. The molecule has 2 aromatic rings. The molecule has 12 heavy (non-hydrogen) atoms. The van der Waals surface area contributed by atoms with Gasteiger partial charge in [-0.15, -0.1) is 0 Å². The highest BCUT2D eigenvalue weighted by Gasteiger charge is 2.00. The van der Waals surface area contributed by atoms with E-state index in [1.807, 2.05) is 25.3 Å². The summed E-state index contributed by atoms with van der Waals surface area (Å²) in [5, 5.41) is 4.18. The van der Waals surface area contributed by atoms with E-state index >= 15 is 0 Å². The topological polar surface area (TPSA) is 30.2 Å². The number of aryl methyl sites for hydroxylation is 1. The number of hydrogen-bond donors (Lipinski definition) is 0. The van der Waals surface area contributed by atoms with Crippen LogP contribution in [0.25, 0.3) is 11.7 Å². The average Bonchev–Trinajstić information content (AvgIpc) is 2.44. The second-order valence-corrected chi connectivity index (χ2v) is 2.59. The predicted octanol–water partition coefficient (Wildman–Crippen LogP) is 1.68. The van der Waals surface area contributed by atoms with Crippen LogP contribution in [-0.2, 0) is 0 Å². The molecule has 3 nitrogen and oxygen atoms in total. The number of aromatic nitrogens is 3. The van der Waals surface area contributed by atoms with Gasteiger partial charge in [-0.1, -0.05) is 12.7 Å². The molecule has 0 saturated carbocycles. The van der Waals surface area contributed by atoms with Crippen molar-refractivity contribution < 1.29 is 0 Å². The van der Waals surface area contributed by atoms with E-state index < -0.39 is 0 Å². The monoisotopic (exact) mass is 159 g/mol. The third-order valence-corrected chi connectivity index (χ3v) is 1.72. The van der Waals surface area contributed by atoms with Gasteiger partial charge < -0.3 is 0 Å².